The second kappa shape index (κ2) is 10.1. The van der Waals surface area contributed by atoms with E-state index in [4.69, 9.17) is 9.47 Å². The van der Waals surface area contributed by atoms with Gasteiger partial charge in [-0.2, -0.15) is 0 Å². The number of carbonyl (C=O) groups excluding carboxylic acids is 1. The maximum absolute atomic E-state index is 12.9. The molecule has 162 valence electrons. The van der Waals surface area contributed by atoms with Gasteiger partial charge in [0.15, 0.2) is 0 Å². The van der Waals surface area contributed by atoms with Gasteiger partial charge in [0.25, 0.3) is 0 Å². The van der Waals surface area contributed by atoms with E-state index in [1.165, 1.54) is 28.2 Å². The van der Waals surface area contributed by atoms with Crippen molar-refractivity contribution < 1.29 is 14.3 Å². The lowest BCUT2D eigenvalue weighted by atomic mass is 9.73. The summed E-state index contributed by atoms with van der Waals surface area (Å²) in [5, 5.41) is 0. The van der Waals surface area contributed by atoms with Crippen LogP contribution in [0.5, 0.6) is 0 Å². The van der Waals surface area contributed by atoms with Gasteiger partial charge in [0.2, 0.25) is 0 Å². The van der Waals surface area contributed by atoms with E-state index in [1.54, 1.807) is 0 Å². The van der Waals surface area contributed by atoms with E-state index in [1.807, 2.05) is 36.5 Å². The summed E-state index contributed by atoms with van der Waals surface area (Å²) in [6, 6.07) is 14.9. The Hall–Kier alpha value is -1.69. The Morgan fingerprint density at radius 3 is 2.67 bits per heavy atom. The molecule has 1 atom stereocenters. The molecule has 2 aliphatic heterocycles. The van der Waals surface area contributed by atoms with E-state index in [-0.39, 0.29) is 5.97 Å². The van der Waals surface area contributed by atoms with Gasteiger partial charge in [-0.3, -0.25) is 9.69 Å². The average Bonchev–Trinajstić information content (AvgIpc) is 3.25. The Labute approximate surface area is 184 Å². The molecule has 30 heavy (non-hydrogen) atoms. The van der Waals surface area contributed by atoms with Crippen molar-refractivity contribution in [1.82, 2.24) is 4.90 Å². The molecule has 0 N–H and O–H groups in total. The van der Waals surface area contributed by atoms with Crippen LogP contribution in [-0.2, 0) is 27.2 Å². The molecule has 3 heterocycles. The highest BCUT2D eigenvalue weighted by Gasteiger charge is 2.42. The van der Waals surface area contributed by atoms with Gasteiger partial charge in [-0.05, 0) is 76.2 Å². The predicted octanol–water partition coefficient (Wildman–Crippen LogP) is 5.38. The highest BCUT2D eigenvalue weighted by molar-refractivity contribution is 7.12. The van der Waals surface area contributed by atoms with Crippen LogP contribution in [0.4, 0.5) is 0 Å². The fourth-order valence-electron chi connectivity index (χ4n) is 4.70. The zero-order valence-electron chi connectivity index (χ0n) is 18.0. The third kappa shape index (κ3) is 5.13. The average molecular weight is 428 g/mol. The van der Waals surface area contributed by atoms with E-state index in [0.29, 0.717) is 12.7 Å². The van der Waals surface area contributed by atoms with Crippen molar-refractivity contribution in [3.8, 4) is 0 Å². The maximum Gasteiger partial charge on any atom is 0.312 e. The number of ether oxygens (including phenoxy) is 2. The van der Waals surface area contributed by atoms with Crippen molar-refractivity contribution in [3.63, 3.8) is 0 Å². The topological polar surface area (TPSA) is 38.8 Å². The second-order valence-electron chi connectivity index (χ2n) is 8.60. The third-order valence-electron chi connectivity index (χ3n) is 6.47. The highest BCUT2D eigenvalue weighted by atomic mass is 32.1. The number of benzene rings is 1. The van der Waals surface area contributed by atoms with Crippen molar-refractivity contribution in [2.45, 2.75) is 58.1 Å². The van der Waals surface area contributed by atoms with Gasteiger partial charge in [-0.15, -0.1) is 11.3 Å². The molecule has 0 bridgehead atoms. The quantitative estimate of drug-likeness (QED) is 0.556. The number of piperidine rings is 1. The summed E-state index contributed by atoms with van der Waals surface area (Å²) >= 11 is 1.89. The monoisotopic (exact) mass is 427 g/mol. The molecule has 2 aliphatic rings. The minimum atomic E-state index is -0.398. The van der Waals surface area contributed by atoms with Crippen molar-refractivity contribution in [1.29, 1.82) is 0 Å². The fourth-order valence-corrected chi connectivity index (χ4v) is 5.84. The molecule has 4 rings (SSSR count). The molecular weight excluding hydrogens is 394 g/mol. The summed E-state index contributed by atoms with van der Waals surface area (Å²) < 4.78 is 11.5. The van der Waals surface area contributed by atoms with E-state index in [9.17, 15) is 4.79 Å². The standard InChI is InChI=1S/C25H33NO3S/c1-2-28-24(27)25(18-20-8-4-3-5-9-20)13-15-26(16-14-25)19-21-11-12-23(30-21)22-10-6-7-17-29-22/h3-5,8-9,11-12,22H,2,6-7,10,13-19H2,1H3/t22-/m0/s1. The molecular formula is C25H33NO3S. The Kier molecular flexibility index (Phi) is 7.24. The first-order valence-electron chi connectivity index (χ1n) is 11.3. The van der Waals surface area contributed by atoms with Gasteiger partial charge < -0.3 is 9.47 Å². The number of carbonyl (C=O) groups is 1. The SMILES string of the molecule is CCOC(=O)C1(Cc2ccccc2)CCN(Cc2ccc([C@@H]3CCCCO3)s2)CC1. The van der Waals surface area contributed by atoms with Crippen LogP contribution in [0.15, 0.2) is 42.5 Å². The number of thiophene rings is 1. The lowest BCUT2D eigenvalue weighted by Crippen LogP contribution is -2.46. The van der Waals surface area contributed by atoms with Gasteiger partial charge in [0.1, 0.15) is 0 Å². The molecule has 5 heteroatoms. The van der Waals surface area contributed by atoms with Crippen LogP contribution in [0.2, 0.25) is 0 Å². The Morgan fingerprint density at radius 1 is 1.17 bits per heavy atom. The molecule has 0 radical (unpaired) electrons. The van der Waals surface area contributed by atoms with Crippen molar-refractivity contribution in [2.75, 3.05) is 26.3 Å². The molecule has 0 unspecified atom stereocenters. The van der Waals surface area contributed by atoms with Crippen molar-refractivity contribution >= 4 is 17.3 Å². The zero-order valence-corrected chi connectivity index (χ0v) is 18.8. The number of esters is 1. The van der Waals surface area contributed by atoms with Crippen LogP contribution >= 0.6 is 11.3 Å². The first-order valence-corrected chi connectivity index (χ1v) is 12.1. The number of hydrogen-bond acceptors (Lipinski definition) is 5. The van der Waals surface area contributed by atoms with E-state index in [0.717, 1.165) is 51.9 Å². The minimum Gasteiger partial charge on any atom is -0.466 e. The van der Waals surface area contributed by atoms with Crippen LogP contribution in [0.1, 0.15) is 60.4 Å². The van der Waals surface area contributed by atoms with Gasteiger partial charge in [0, 0.05) is 22.9 Å². The molecule has 1 aromatic heterocycles. The molecule has 0 aliphatic carbocycles. The van der Waals surface area contributed by atoms with Crippen molar-refractivity contribution in [3.05, 3.63) is 57.8 Å². The van der Waals surface area contributed by atoms with Gasteiger partial charge in [0.05, 0.1) is 18.1 Å². The van der Waals surface area contributed by atoms with Crippen LogP contribution in [0.25, 0.3) is 0 Å². The smallest absolute Gasteiger partial charge is 0.312 e. The summed E-state index contributed by atoms with van der Waals surface area (Å²) in [5.74, 6) is -0.0265. The first-order chi connectivity index (χ1) is 14.7. The van der Waals surface area contributed by atoms with Crippen LogP contribution < -0.4 is 0 Å². The largest absolute Gasteiger partial charge is 0.466 e. The molecule has 0 amide bonds. The summed E-state index contributed by atoms with van der Waals surface area (Å²) in [4.78, 5) is 18.2. The van der Waals surface area contributed by atoms with Gasteiger partial charge in [-0.25, -0.2) is 0 Å². The molecule has 0 spiro atoms. The Morgan fingerprint density at radius 2 is 1.97 bits per heavy atom. The summed E-state index contributed by atoms with van der Waals surface area (Å²) in [7, 11) is 0. The zero-order chi connectivity index (χ0) is 20.8. The molecule has 2 aromatic rings. The van der Waals surface area contributed by atoms with E-state index in [2.05, 4.69) is 29.2 Å². The Balaban J connectivity index is 1.38. The minimum absolute atomic E-state index is 0.0265. The van der Waals surface area contributed by atoms with Crippen LogP contribution in [0, 0.1) is 5.41 Å². The van der Waals surface area contributed by atoms with Crippen LogP contribution in [0.3, 0.4) is 0 Å². The normalized spacial score (nSPS) is 22.0. The lowest BCUT2D eigenvalue weighted by Gasteiger charge is -2.40. The van der Waals surface area contributed by atoms with Gasteiger partial charge in [-0.1, -0.05) is 30.3 Å². The number of likely N-dealkylation sites (tertiary alicyclic amines) is 1. The summed E-state index contributed by atoms with van der Waals surface area (Å²) in [5.41, 5.74) is 0.819. The molecule has 2 fully saturated rings. The van der Waals surface area contributed by atoms with Crippen molar-refractivity contribution in [2.24, 2.45) is 5.41 Å². The van der Waals surface area contributed by atoms with Crippen LogP contribution in [-0.4, -0.2) is 37.2 Å². The summed E-state index contributed by atoms with van der Waals surface area (Å²) in [6.07, 6.45) is 6.36. The van der Waals surface area contributed by atoms with Gasteiger partial charge >= 0.3 is 5.97 Å². The maximum atomic E-state index is 12.9. The molecule has 2 saturated heterocycles. The third-order valence-corrected chi connectivity index (χ3v) is 7.63. The summed E-state index contributed by atoms with van der Waals surface area (Å²) in [6.45, 7) is 6.05. The second-order valence-corrected chi connectivity index (χ2v) is 9.80. The van der Waals surface area contributed by atoms with E-state index < -0.39 is 5.41 Å². The first kappa shape index (κ1) is 21.5. The molecule has 4 nitrogen and oxygen atoms in total. The number of rotatable bonds is 7. The lowest BCUT2D eigenvalue weighted by molar-refractivity contribution is -0.158. The highest BCUT2D eigenvalue weighted by Crippen LogP contribution is 2.38. The molecule has 1 aromatic carbocycles. The molecule has 0 saturated carbocycles. The predicted molar refractivity (Wildman–Crippen MR) is 121 cm³/mol. The Bertz CT molecular complexity index is 805. The van der Waals surface area contributed by atoms with E-state index >= 15 is 0 Å². The fraction of sp³-hybridized carbons (Fsp3) is 0.560. The number of nitrogens with zero attached hydrogens (tertiary/aromatic N) is 1. The number of hydrogen-bond donors (Lipinski definition) is 0.